The summed E-state index contributed by atoms with van der Waals surface area (Å²) in [7, 11) is 3.33. The highest BCUT2D eigenvalue weighted by Crippen LogP contribution is 2.43. The lowest BCUT2D eigenvalue weighted by molar-refractivity contribution is -0.295. The number of nitrogens with zero attached hydrogens (tertiary/aromatic N) is 1. The number of hydrogen-bond donors (Lipinski definition) is 0. The third-order valence-corrected chi connectivity index (χ3v) is 5.86. The molecule has 1 saturated heterocycles. The molecule has 1 fully saturated rings. The van der Waals surface area contributed by atoms with Crippen LogP contribution >= 0.6 is 0 Å². The van der Waals surface area contributed by atoms with Gasteiger partial charge in [0.05, 0.1) is 13.2 Å². The maximum absolute atomic E-state index is 6.32. The number of benzene rings is 2. The van der Waals surface area contributed by atoms with E-state index in [1.54, 1.807) is 14.2 Å². The van der Waals surface area contributed by atoms with Gasteiger partial charge in [-0.3, -0.25) is 4.84 Å². The zero-order chi connectivity index (χ0) is 21.9. The molecule has 2 aromatic rings. The highest BCUT2D eigenvalue weighted by Gasteiger charge is 2.55. The lowest BCUT2D eigenvalue weighted by Crippen LogP contribution is -2.60. The van der Waals surface area contributed by atoms with Crippen LogP contribution in [0, 0.1) is 0 Å². The highest BCUT2D eigenvalue weighted by atomic mass is 16.8. The summed E-state index contributed by atoms with van der Waals surface area (Å²) in [5.74, 6) is -1.82. The van der Waals surface area contributed by atoms with Crippen LogP contribution in [0.15, 0.2) is 66.7 Å². The van der Waals surface area contributed by atoms with E-state index in [2.05, 4.69) is 24.3 Å². The molecule has 0 aromatic heterocycles. The second-order valence-corrected chi connectivity index (χ2v) is 8.23. The van der Waals surface area contributed by atoms with E-state index in [9.17, 15) is 0 Å². The van der Waals surface area contributed by atoms with Gasteiger partial charge in [-0.25, -0.2) is 0 Å². The number of rotatable bonds is 6. The fourth-order valence-corrected chi connectivity index (χ4v) is 4.48. The molecule has 0 aliphatic carbocycles. The zero-order valence-electron chi connectivity index (χ0n) is 18.6. The lowest BCUT2D eigenvalue weighted by Gasteiger charge is -2.45. The van der Waals surface area contributed by atoms with Gasteiger partial charge in [0.25, 0.3) is 0 Å². The summed E-state index contributed by atoms with van der Waals surface area (Å²) in [6.45, 7) is 5.18. The summed E-state index contributed by atoms with van der Waals surface area (Å²) in [6.07, 6.45) is 1.70. The first-order valence-corrected chi connectivity index (χ1v) is 10.6. The Bertz CT molecular complexity index is 879. The topological polar surface area (TPSA) is 49.4 Å². The number of methoxy groups -OCH3 is 2. The van der Waals surface area contributed by atoms with Gasteiger partial charge in [0.2, 0.25) is 5.79 Å². The fraction of sp³-hybridized carbons (Fsp3) is 0.440. The van der Waals surface area contributed by atoms with E-state index in [1.165, 1.54) is 0 Å². The highest BCUT2D eigenvalue weighted by molar-refractivity contribution is 5.72. The minimum Gasteiger partial charge on any atom is -0.348 e. The van der Waals surface area contributed by atoms with E-state index in [-0.39, 0.29) is 6.10 Å². The molecule has 6 nitrogen and oxygen atoms in total. The lowest BCUT2D eigenvalue weighted by atomic mass is 9.88. The quantitative estimate of drug-likeness (QED) is 0.652. The fourth-order valence-electron chi connectivity index (χ4n) is 4.48. The summed E-state index contributed by atoms with van der Waals surface area (Å²) < 4.78 is 24.6. The summed E-state index contributed by atoms with van der Waals surface area (Å²) in [6, 6.07) is 19.9. The van der Waals surface area contributed by atoms with Crippen LogP contribution in [-0.4, -0.2) is 56.2 Å². The molecule has 0 saturated carbocycles. The second-order valence-electron chi connectivity index (χ2n) is 8.23. The van der Waals surface area contributed by atoms with Crippen molar-refractivity contribution in [2.24, 2.45) is 0 Å². The molecule has 2 aliphatic heterocycles. The predicted molar refractivity (Wildman–Crippen MR) is 118 cm³/mol. The average molecular weight is 426 g/mol. The first kappa shape index (κ1) is 22.1. The van der Waals surface area contributed by atoms with E-state index in [0.29, 0.717) is 19.8 Å². The Balaban J connectivity index is 1.79. The molecule has 2 atom stereocenters. The van der Waals surface area contributed by atoms with Gasteiger partial charge in [-0.1, -0.05) is 60.7 Å². The second kappa shape index (κ2) is 9.20. The maximum Gasteiger partial charge on any atom is 0.215 e. The van der Waals surface area contributed by atoms with Crippen LogP contribution in [0.5, 0.6) is 0 Å². The Morgan fingerprint density at radius 2 is 1.61 bits per heavy atom. The van der Waals surface area contributed by atoms with Crippen LogP contribution in [0.3, 0.4) is 0 Å². The van der Waals surface area contributed by atoms with E-state index >= 15 is 0 Å². The molecule has 0 bridgehead atoms. The van der Waals surface area contributed by atoms with E-state index in [1.807, 2.05) is 61.4 Å². The van der Waals surface area contributed by atoms with Gasteiger partial charge in [-0.05, 0) is 31.1 Å². The number of hydroxylamine groups is 2. The van der Waals surface area contributed by atoms with Crippen molar-refractivity contribution < 1.29 is 23.8 Å². The summed E-state index contributed by atoms with van der Waals surface area (Å²) in [4.78, 5) is 6.27. The first-order valence-electron chi connectivity index (χ1n) is 10.6. The van der Waals surface area contributed by atoms with Gasteiger partial charge in [-0.2, -0.15) is 5.06 Å². The Hall–Kier alpha value is -2.06. The van der Waals surface area contributed by atoms with Crippen molar-refractivity contribution in [1.82, 2.24) is 5.06 Å². The molecule has 0 amide bonds. The minimum atomic E-state index is -1.12. The monoisotopic (exact) mass is 425 g/mol. The van der Waals surface area contributed by atoms with Crippen molar-refractivity contribution >= 4 is 5.57 Å². The molecule has 6 heteroatoms. The first-order chi connectivity index (χ1) is 15.0. The van der Waals surface area contributed by atoms with Gasteiger partial charge in [0.1, 0.15) is 12.1 Å². The predicted octanol–water partition coefficient (Wildman–Crippen LogP) is 4.03. The molecular formula is C25H31NO5. The van der Waals surface area contributed by atoms with Crippen molar-refractivity contribution in [3.8, 4) is 0 Å². The van der Waals surface area contributed by atoms with E-state index in [4.69, 9.17) is 23.8 Å². The van der Waals surface area contributed by atoms with Gasteiger partial charge in [0.15, 0.2) is 5.79 Å². The van der Waals surface area contributed by atoms with Gasteiger partial charge in [-0.15, -0.1) is 0 Å². The molecule has 4 rings (SSSR count). The Morgan fingerprint density at radius 3 is 2.19 bits per heavy atom. The Kier molecular flexibility index (Phi) is 6.57. The van der Waals surface area contributed by atoms with Gasteiger partial charge in [0, 0.05) is 26.3 Å². The molecule has 166 valence electrons. The van der Waals surface area contributed by atoms with Gasteiger partial charge < -0.3 is 18.9 Å². The maximum atomic E-state index is 6.32. The molecule has 0 unspecified atom stereocenters. The number of ether oxygens (including phenoxy) is 4. The smallest absolute Gasteiger partial charge is 0.215 e. The van der Waals surface area contributed by atoms with Crippen molar-refractivity contribution in [3.05, 3.63) is 77.9 Å². The Morgan fingerprint density at radius 1 is 0.968 bits per heavy atom. The standard InChI is InChI=1S/C25H31NO5/c1-24(2)29-18-22(31-24)23-25(27-3,28-4)21(20-13-9-6-10-14-20)15-16-30-26(23)17-19-11-7-5-8-12-19/h5-15,22-23H,16-18H2,1-4H3/t22-,23-/m1/s1. The Labute approximate surface area is 184 Å². The van der Waals surface area contributed by atoms with Gasteiger partial charge >= 0.3 is 0 Å². The van der Waals surface area contributed by atoms with Crippen LogP contribution in [0.2, 0.25) is 0 Å². The van der Waals surface area contributed by atoms with Crippen LogP contribution in [-0.2, 0) is 30.3 Å². The molecule has 2 aliphatic rings. The van der Waals surface area contributed by atoms with E-state index in [0.717, 1.165) is 16.7 Å². The summed E-state index contributed by atoms with van der Waals surface area (Å²) in [5.41, 5.74) is 3.04. The molecule has 2 heterocycles. The van der Waals surface area contributed by atoms with Crippen molar-refractivity contribution in [2.75, 3.05) is 27.4 Å². The van der Waals surface area contributed by atoms with Crippen molar-refractivity contribution in [1.29, 1.82) is 0 Å². The third kappa shape index (κ3) is 4.46. The van der Waals surface area contributed by atoms with Crippen molar-refractivity contribution in [2.45, 2.75) is 44.1 Å². The van der Waals surface area contributed by atoms with Crippen LogP contribution in [0.25, 0.3) is 5.57 Å². The van der Waals surface area contributed by atoms with Crippen LogP contribution < -0.4 is 0 Å². The molecule has 0 N–H and O–H groups in total. The molecule has 0 radical (unpaired) electrons. The third-order valence-electron chi connectivity index (χ3n) is 5.86. The molecule has 0 spiro atoms. The summed E-state index contributed by atoms with van der Waals surface area (Å²) in [5, 5.41) is 1.92. The van der Waals surface area contributed by atoms with Crippen molar-refractivity contribution in [3.63, 3.8) is 0 Å². The molecule has 31 heavy (non-hydrogen) atoms. The van der Waals surface area contributed by atoms with Crippen LogP contribution in [0.4, 0.5) is 0 Å². The van der Waals surface area contributed by atoms with E-state index < -0.39 is 17.6 Å². The molecule has 2 aromatic carbocycles. The number of hydrogen-bond acceptors (Lipinski definition) is 6. The zero-order valence-corrected chi connectivity index (χ0v) is 18.6. The normalized spacial score (nSPS) is 25.7. The molecular weight excluding hydrogens is 394 g/mol. The largest absolute Gasteiger partial charge is 0.348 e. The van der Waals surface area contributed by atoms with Crippen LogP contribution in [0.1, 0.15) is 25.0 Å². The average Bonchev–Trinajstić information content (AvgIpc) is 3.06. The summed E-state index contributed by atoms with van der Waals surface area (Å²) >= 11 is 0. The minimum absolute atomic E-state index is 0.330. The SMILES string of the molecule is COC1(OC)C(c2ccccc2)=CCON(Cc2ccccc2)[C@@H]1[C@H]1COC(C)(C)O1.